The quantitative estimate of drug-likeness (QED) is 0.283. The summed E-state index contributed by atoms with van der Waals surface area (Å²) in [5.74, 6) is 0.998. The maximum absolute atomic E-state index is 11.5. The van der Waals surface area contributed by atoms with Crippen LogP contribution < -0.4 is 10.6 Å². The third-order valence-electron chi connectivity index (χ3n) is 3.93. The lowest BCUT2D eigenvalue weighted by atomic mass is 10.1. The predicted molar refractivity (Wildman–Crippen MR) is 111 cm³/mol. The first kappa shape index (κ1) is 21.7. The van der Waals surface area contributed by atoms with Crippen LogP contribution in [-0.2, 0) is 16.1 Å². The zero-order valence-corrected chi connectivity index (χ0v) is 17.4. The fourth-order valence-electron chi connectivity index (χ4n) is 2.63. The number of hydrogen-bond donors (Lipinski definition) is 2. The van der Waals surface area contributed by atoms with Crippen LogP contribution in [0.2, 0.25) is 0 Å². The summed E-state index contributed by atoms with van der Waals surface area (Å²) < 4.78 is 5.65. The lowest BCUT2D eigenvalue weighted by molar-refractivity contribution is -0.132. The monoisotopic (exact) mass is 460 g/mol. The Hall–Kier alpha value is -1.35. The number of halogens is 1. The molecule has 1 amide bonds. The number of rotatable bonds is 7. The van der Waals surface area contributed by atoms with Gasteiger partial charge in [0.2, 0.25) is 5.91 Å². The number of nitrogens with zero attached hydrogens (tertiary/aromatic N) is 2. The van der Waals surface area contributed by atoms with Crippen molar-refractivity contribution in [2.45, 2.75) is 32.4 Å². The van der Waals surface area contributed by atoms with Crippen molar-refractivity contribution >= 4 is 35.8 Å². The van der Waals surface area contributed by atoms with Gasteiger partial charge in [-0.1, -0.05) is 30.3 Å². The molecule has 1 aromatic rings. The molecule has 0 spiro atoms. The molecule has 1 aliphatic rings. The number of aliphatic imine (C=N–C) groups is 1. The van der Waals surface area contributed by atoms with E-state index in [9.17, 15) is 4.79 Å². The first-order valence-corrected chi connectivity index (χ1v) is 8.59. The molecule has 0 bridgehead atoms. The average molecular weight is 460 g/mol. The number of carbonyl (C=O) groups excluding carboxylic acids is 1. The molecule has 1 heterocycles. The normalized spacial score (nSPS) is 17.8. The Bertz CT molecular complexity index is 539. The predicted octanol–water partition coefficient (Wildman–Crippen LogP) is 2.00. The zero-order valence-electron chi connectivity index (χ0n) is 15.0. The number of piperidine rings is 1. The van der Waals surface area contributed by atoms with Gasteiger partial charge in [-0.15, -0.1) is 24.0 Å². The average Bonchev–Trinajstić information content (AvgIpc) is 2.59. The molecule has 0 saturated carbocycles. The molecule has 0 radical (unpaired) electrons. The van der Waals surface area contributed by atoms with Crippen LogP contribution in [0, 0.1) is 0 Å². The van der Waals surface area contributed by atoms with E-state index in [2.05, 4.69) is 27.8 Å². The van der Waals surface area contributed by atoms with E-state index >= 15 is 0 Å². The van der Waals surface area contributed by atoms with Gasteiger partial charge >= 0.3 is 0 Å². The smallest absolute Gasteiger partial charge is 0.222 e. The summed E-state index contributed by atoms with van der Waals surface area (Å²) in [6.07, 6.45) is 1.44. The van der Waals surface area contributed by atoms with E-state index < -0.39 is 0 Å². The van der Waals surface area contributed by atoms with E-state index in [4.69, 9.17) is 4.74 Å². The van der Waals surface area contributed by atoms with Crippen LogP contribution in [-0.4, -0.2) is 56.1 Å². The molecule has 1 fully saturated rings. The minimum atomic E-state index is 0. The lowest BCUT2D eigenvalue weighted by Crippen LogP contribution is -2.51. The van der Waals surface area contributed by atoms with Gasteiger partial charge in [-0.25, -0.2) is 0 Å². The Morgan fingerprint density at radius 1 is 1.36 bits per heavy atom. The van der Waals surface area contributed by atoms with Crippen molar-refractivity contribution in [3.63, 3.8) is 0 Å². The minimum absolute atomic E-state index is 0. The van der Waals surface area contributed by atoms with Crippen LogP contribution in [0.4, 0.5) is 0 Å². The number of ether oxygens (including phenoxy) is 1. The third-order valence-corrected chi connectivity index (χ3v) is 3.93. The van der Waals surface area contributed by atoms with Gasteiger partial charge in [0.25, 0.3) is 0 Å². The Morgan fingerprint density at radius 2 is 2.12 bits per heavy atom. The fraction of sp³-hybridized carbons (Fsp3) is 0.556. The van der Waals surface area contributed by atoms with Gasteiger partial charge in [0.05, 0.1) is 19.8 Å². The number of amides is 1. The molecular weight excluding hydrogens is 431 g/mol. The first-order valence-electron chi connectivity index (χ1n) is 8.59. The van der Waals surface area contributed by atoms with Gasteiger partial charge in [0.1, 0.15) is 0 Å². The van der Waals surface area contributed by atoms with Crippen molar-refractivity contribution in [1.82, 2.24) is 15.5 Å². The number of likely N-dealkylation sites (tertiary alicyclic amines) is 1. The second kappa shape index (κ2) is 12.1. The third kappa shape index (κ3) is 8.04. The Balaban J connectivity index is 0.00000312. The topological polar surface area (TPSA) is 66.0 Å². The van der Waals surface area contributed by atoms with Crippen LogP contribution >= 0.6 is 24.0 Å². The number of guanidine groups is 1. The SMILES string of the molecule is CCNC(=NCCOCc1ccccc1)NC1CCC(=O)N(C)C1.I. The van der Waals surface area contributed by atoms with Crippen LogP contribution in [0.3, 0.4) is 0 Å². The molecule has 1 atom stereocenters. The summed E-state index contributed by atoms with van der Waals surface area (Å²) in [5.41, 5.74) is 1.17. The minimum Gasteiger partial charge on any atom is -0.375 e. The van der Waals surface area contributed by atoms with Crippen LogP contribution in [0.1, 0.15) is 25.3 Å². The van der Waals surface area contributed by atoms with Gasteiger partial charge < -0.3 is 20.3 Å². The van der Waals surface area contributed by atoms with Crippen molar-refractivity contribution in [3.05, 3.63) is 35.9 Å². The zero-order chi connectivity index (χ0) is 17.2. The van der Waals surface area contributed by atoms with E-state index in [1.165, 1.54) is 5.56 Å². The second-order valence-corrected chi connectivity index (χ2v) is 5.95. The van der Waals surface area contributed by atoms with E-state index in [1.54, 1.807) is 4.90 Å². The fourth-order valence-corrected chi connectivity index (χ4v) is 2.63. The van der Waals surface area contributed by atoms with Crippen LogP contribution in [0.15, 0.2) is 35.3 Å². The van der Waals surface area contributed by atoms with E-state index in [0.717, 1.165) is 18.9 Å². The van der Waals surface area contributed by atoms with Crippen molar-refractivity contribution in [2.75, 3.05) is 33.3 Å². The molecule has 0 aromatic heterocycles. The van der Waals surface area contributed by atoms with Crippen molar-refractivity contribution in [2.24, 2.45) is 4.99 Å². The highest BCUT2D eigenvalue weighted by Crippen LogP contribution is 2.09. The molecular formula is C18H29IN4O2. The molecule has 1 saturated heterocycles. The first-order chi connectivity index (χ1) is 11.7. The van der Waals surface area contributed by atoms with Gasteiger partial charge in [0.15, 0.2) is 5.96 Å². The highest BCUT2D eigenvalue weighted by molar-refractivity contribution is 14.0. The maximum Gasteiger partial charge on any atom is 0.222 e. The van der Waals surface area contributed by atoms with Gasteiger partial charge in [-0.3, -0.25) is 9.79 Å². The Kier molecular flexibility index (Phi) is 10.5. The van der Waals surface area contributed by atoms with Crippen molar-refractivity contribution in [3.8, 4) is 0 Å². The molecule has 2 N–H and O–H groups in total. The van der Waals surface area contributed by atoms with Crippen molar-refractivity contribution in [1.29, 1.82) is 0 Å². The number of hydrogen-bond acceptors (Lipinski definition) is 3. The van der Waals surface area contributed by atoms with Gasteiger partial charge in [-0.2, -0.15) is 0 Å². The molecule has 1 aliphatic heterocycles. The summed E-state index contributed by atoms with van der Waals surface area (Å²) in [6, 6.07) is 10.4. The Labute approximate surface area is 167 Å². The van der Waals surface area contributed by atoms with E-state index in [-0.39, 0.29) is 35.9 Å². The summed E-state index contributed by atoms with van der Waals surface area (Å²) in [6.45, 7) is 5.35. The second-order valence-electron chi connectivity index (χ2n) is 5.95. The van der Waals surface area contributed by atoms with Gasteiger partial charge in [-0.05, 0) is 18.9 Å². The van der Waals surface area contributed by atoms with Crippen LogP contribution in [0.5, 0.6) is 0 Å². The number of likely N-dealkylation sites (N-methyl/N-ethyl adjacent to an activating group) is 1. The number of nitrogens with one attached hydrogen (secondary N) is 2. The Morgan fingerprint density at radius 3 is 2.80 bits per heavy atom. The molecule has 1 unspecified atom stereocenters. The number of carbonyl (C=O) groups is 1. The molecule has 25 heavy (non-hydrogen) atoms. The summed E-state index contributed by atoms with van der Waals surface area (Å²) in [4.78, 5) is 17.9. The molecule has 6 nitrogen and oxygen atoms in total. The maximum atomic E-state index is 11.5. The van der Waals surface area contributed by atoms with Gasteiger partial charge in [0, 0.05) is 32.6 Å². The molecule has 0 aliphatic carbocycles. The molecule has 7 heteroatoms. The van der Waals surface area contributed by atoms with E-state index in [0.29, 0.717) is 32.7 Å². The summed E-state index contributed by atoms with van der Waals surface area (Å²) >= 11 is 0. The highest BCUT2D eigenvalue weighted by atomic mass is 127. The summed E-state index contributed by atoms with van der Waals surface area (Å²) in [5, 5.41) is 6.65. The lowest BCUT2D eigenvalue weighted by Gasteiger charge is -2.31. The summed E-state index contributed by atoms with van der Waals surface area (Å²) in [7, 11) is 1.84. The highest BCUT2D eigenvalue weighted by Gasteiger charge is 2.23. The molecule has 2 rings (SSSR count). The van der Waals surface area contributed by atoms with E-state index in [1.807, 2.05) is 32.2 Å². The molecule has 1 aromatic carbocycles. The molecule has 140 valence electrons. The number of benzene rings is 1. The van der Waals surface area contributed by atoms with Crippen LogP contribution in [0.25, 0.3) is 0 Å². The standard InChI is InChI=1S/C18H28N4O2.HI/c1-3-19-18(21-16-9-10-17(23)22(2)13-16)20-11-12-24-14-15-7-5-4-6-8-15;/h4-8,16H,3,9-14H2,1-2H3,(H2,19,20,21);1H. The largest absolute Gasteiger partial charge is 0.375 e. The van der Waals surface area contributed by atoms with Crippen molar-refractivity contribution < 1.29 is 9.53 Å².